The van der Waals surface area contributed by atoms with Crippen LogP contribution in [0.1, 0.15) is 29.6 Å². The lowest BCUT2D eigenvalue weighted by molar-refractivity contribution is -0.122. The van der Waals surface area contributed by atoms with Crippen molar-refractivity contribution < 1.29 is 18.8 Å². The molecule has 2 aromatic rings. The highest BCUT2D eigenvalue weighted by Crippen LogP contribution is 2.28. The second-order valence-corrected chi connectivity index (χ2v) is 7.14. The van der Waals surface area contributed by atoms with Gasteiger partial charge in [0.15, 0.2) is 0 Å². The van der Waals surface area contributed by atoms with Crippen LogP contribution in [0, 0.1) is 11.7 Å². The van der Waals surface area contributed by atoms with Crippen LogP contribution in [0.5, 0.6) is 0 Å². The topological polar surface area (TPSA) is 78.5 Å². The van der Waals surface area contributed by atoms with Crippen LogP contribution < -0.4 is 15.5 Å². The normalized spacial score (nSPS) is 18.8. The number of halogens is 1. The molecule has 2 N–H and O–H groups in total. The first-order valence-electron chi connectivity index (χ1n) is 9.28. The SMILES string of the molecule is O=C(NC1CC1)c1ccccc1NC(=O)C1CC(=O)N(c2ccccc2F)C1. The van der Waals surface area contributed by atoms with Crippen molar-refractivity contribution >= 4 is 29.1 Å². The van der Waals surface area contributed by atoms with E-state index in [-0.39, 0.29) is 42.4 Å². The zero-order chi connectivity index (χ0) is 19.7. The van der Waals surface area contributed by atoms with Crippen molar-refractivity contribution in [1.29, 1.82) is 0 Å². The van der Waals surface area contributed by atoms with Gasteiger partial charge in [-0.3, -0.25) is 14.4 Å². The number of amides is 3. The summed E-state index contributed by atoms with van der Waals surface area (Å²) in [4.78, 5) is 38.7. The van der Waals surface area contributed by atoms with Crippen LogP contribution in [0.3, 0.4) is 0 Å². The van der Waals surface area contributed by atoms with E-state index in [1.165, 1.54) is 17.0 Å². The minimum Gasteiger partial charge on any atom is -0.349 e. The number of benzene rings is 2. The van der Waals surface area contributed by atoms with E-state index < -0.39 is 11.7 Å². The molecule has 1 aliphatic heterocycles. The van der Waals surface area contributed by atoms with E-state index in [1.807, 2.05) is 0 Å². The summed E-state index contributed by atoms with van der Waals surface area (Å²) in [6.07, 6.45) is 1.93. The molecule has 2 fully saturated rings. The summed E-state index contributed by atoms with van der Waals surface area (Å²) in [7, 11) is 0. The average molecular weight is 381 g/mol. The van der Waals surface area contributed by atoms with Crippen LogP contribution in [0.2, 0.25) is 0 Å². The fourth-order valence-electron chi connectivity index (χ4n) is 3.30. The molecule has 1 saturated carbocycles. The van der Waals surface area contributed by atoms with Gasteiger partial charge in [-0.15, -0.1) is 0 Å². The zero-order valence-electron chi connectivity index (χ0n) is 15.2. The number of hydrogen-bond acceptors (Lipinski definition) is 3. The predicted molar refractivity (Wildman–Crippen MR) is 102 cm³/mol. The maximum absolute atomic E-state index is 14.0. The van der Waals surface area contributed by atoms with Gasteiger partial charge in [0.25, 0.3) is 5.91 Å². The summed E-state index contributed by atoms with van der Waals surface area (Å²) in [6, 6.07) is 13.0. The van der Waals surface area contributed by atoms with Crippen LogP contribution in [0.15, 0.2) is 48.5 Å². The Morgan fingerprint density at radius 3 is 2.50 bits per heavy atom. The summed E-state index contributed by atoms with van der Waals surface area (Å²) in [5.74, 6) is -2.01. The van der Waals surface area contributed by atoms with Crippen LogP contribution in [0.25, 0.3) is 0 Å². The summed E-state index contributed by atoms with van der Waals surface area (Å²) in [6.45, 7) is 0.0992. The van der Waals surface area contributed by atoms with E-state index in [0.29, 0.717) is 11.3 Å². The van der Waals surface area contributed by atoms with E-state index >= 15 is 0 Å². The first-order chi connectivity index (χ1) is 13.5. The molecule has 0 radical (unpaired) electrons. The largest absolute Gasteiger partial charge is 0.349 e. The third-order valence-corrected chi connectivity index (χ3v) is 4.98. The number of anilines is 2. The second-order valence-electron chi connectivity index (χ2n) is 7.14. The third-order valence-electron chi connectivity index (χ3n) is 4.98. The monoisotopic (exact) mass is 381 g/mol. The molecule has 6 nitrogen and oxygen atoms in total. The van der Waals surface area contributed by atoms with Crippen molar-refractivity contribution in [3.63, 3.8) is 0 Å². The third kappa shape index (κ3) is 3.74. The van der Waals surface area contributed by atoms with E-state index in [1.54, 1.807) is 36.4 Å². The van der Waals surface area contributed by atoms with Gasteiger partial charge in [-0.2, -0.15) is 0 Å². The Hall–Kier alpha value is -3.22. The Morgan fingerprint density at radius 2 is 1.75 bits per heavy atom. The van der Waals surface area contributed by atoms with Gasteiger partial charge in [-0.1, -0.05) is 24.3 Å². The molecule has 1 atom stereocenters. The molecule has 1 heterocycles. The minimum atomic E-state index is -0.619. The fraction of sp³-hybridized carbons (Fsp3) is 0.286. The molecular formula is C21H20FN3O3. The highest BCUT2D eigenvalue weighted by molar-refractivity contribution is 6.07. The number of nitrogens with one attached hydrogen (secondary N) is 2. The molecule has 0 spiro atoms. The fourth-order valence-corrected chi connectivity index (χ4v) is 3.30. The van der Waals surface area contributed by atoms with Crippen LogP contribution in [-0.4, -0.2) is 30.3 Å². The molecule has 0 bridgehead atoms. The lowest BCUT2D eigenvalue weighted by atomic mass is 10.1. The Bertz CT molecular complexity index is 942. The number of para-hydroxylation sites is 2. The highest BCUT2D eigenvalue weighted by atomic mass is 19.1. The van der Waals surface area contributed by atoms with Gasteiger partial charge in [0.2, 0.25) is 11.8 Å². The number of nitrogens with zero attached hydrogens (tertiary/aromatic N) is 1. The van der Waals surface area contributed by atoms with Gasteiger partial charge in [0, 0.05) is 19.0 Å². The Kier molecular flexibility index (Phi) is 4.81. The minimum absolute atomic E-state index is 0.00337. The molecule has 1 saturated heterocycles. The van der Waals surface area contributed by atoms with Crippen LogP contribution in [-0.2, 0) is 9.59 Å². The molecular weight excluding hydrogens is 361 g/mol. The highest BCUT2D eigenvalue weighted by Gasteiger charge is 2.36. The van der Waals surface area contributed by atoms with E-state index in [4.69, 9.17) is 0 Å². The van der Waals surface area contributed by atoms with Gasteiger partial charge in [0.1, 0.15) is 5.82 Å². The molecule has 1 aliphatic carbocycles. The molecule has 7 heteroatoms. The van der Waals surface area contributed by atoms with Crippen LogP contribution >= 0.6 is 0 Å². The number of rotatable bonds is 5. The first kappa shape index (κ1) is 18.2. The molecule has 144 valence electrons. The van der Waals surface area contributed by atoms with Crippen LogP contribution in [0.4, 0.5) is 15.8 Å². The van der Waals surface area contributed by atoms with E-state index in [2.05, 4.69) is 10.6 Å². The Balaban J connectivity index is 1.47. The van der Waals surface area contributed by atoms with E-state index in [9.17, 15) is 18.8 Å². The van der Waals surface area contributed by atoms with Crippen molar-refractivity contribution in [2.24, 2.45) is 5.92 Å². The second kappa shape index (κ2) is 7.42. The van der Waals surface area contributed by atoms with Gasteiger partial charge in [0.05, 0.1) is 22.9 Å². The molecule has 4 rings (SSSR count). The van der Waals surface area contributed by atoms with Crippen molar-refractivity contribution in [3.05, 3.63) is 59.9 Å². The predicted octanol–water partition coefficient (Wildman–Crippen LogP) is 2.71. The lowest BCUT2D eigenvalue weighted by Gasteiger charge is -2.17. The maximum atomic E-state index is 14.0. The zero-order valence-corrected chi connectivity index (χ0v) is 15.2. The van der Waals surface area contributed by atoms with Crippen molar-refractivity contribution in [1.82, 2.24) is 5.32 Å². The number of carbonyl (C=O) groups excluding carboxylic acids is 3. The molecule has 2 aromatic carbocycles. The molecule has 3 amide bonds. The average Bonchev–Trinajstić information content (AvgIpc) is 3.41. The molecule has 0 aromatic heterocycles. The maximum Gasteiger partial charge on any atom is 0.253 e. The first-order valence-corrected chi connectivity index (χ1v) is 9.28. The van der Waals surface area contributed by atoms with Gasteiger partial charge >= 0.3 is 0 Å². The van der Waals surface area contributed by atoms with Crippen molar-refractivity contribution in [3.8, 4) is 0 Å². The summed E-state index contributed by atoms with van der Waals surface area (Å²) >= 11 is 0. The van der Waals surface area contributed by atoms with E-state index in [0.717, 1.165) is 12.8 Å². The molecule has 2 aliphatic rings. The summed E-state index contributed by atoms with van der Waals surface area (Å²) < 4.78 is 14.0. The number of carbonyl (C=O) groups is 3. The van der Waals surface area contributed by atoms with Gasteiger partial charge in [-0.05, 0) is 37.1 Å². The molecule has 1 unspecified atom stereocenters. The van der Waals surface area contributed by atoms with Crippen molar-refractivity contribution in [2.75, 3.05) is 16.8 Å². The smallest absolute Gasteiger partial charge is 0.253 e. The van der Waals surface area contributed by atoms with Gasteiger partial charge < -0.3 is 15.5 Å². The molecule has 28 heavy (non-hydrogen) atoms. The van der Waals surface area contributed by atoms with Gasteiger partial charge in [-0.25, -0.2) is 4.39 Å². The Labute approximate surface area is 161 Å². The number of hydrogen-bond donors (Lipinski definition) is 2. The van der Waals surface area contributed by atoms with Crippen molar-refractivity contribution in [2.45, 2.75) is 25.3 Å². The standard InChI is InChI=1S/C21H20FN3O3/c22-16-6-2-4-8-18(16)25-12-13(11-19(25)26)20(27)24-17-7-3-1-5-15(17)21(28)23-14-9-10-14/h1-8,13-14H,9-12H2,(H,23,28)(H,24,27). The Morgan fingerprint density at radius 1 is 1.04 bits per heavy atom. The summed E-state index contributed by atoms with van der Waals surface area (Å²) in [5, 5.41) is 5.66. The quantitative estimate of drug-likeness (QED) is 0.836. The lowest BCUT2D eigenvalue weighted by Crippen LogP contribution is -2.30. The summed E-state index contributed by atoms with van der Waals surface area (Å²) in [5.41, 5.74) is 0.965.